The van der Waals surface area contributed by atoms with E-state index in [2.05, 4.69) is 0 Å². The average molecular weight is 583 g/mol. The maximum absolute atomic E-state index is 15.7. The topological polar surface area (TPSA) is 200 Å². The van der Waals surface area contributed by atoms with Gasteiger partial charge in [-0.1, -0.05) is 0 Å². The second-order valence-corrected chi connectivity index (χ2v) is 7.68. The SMILES string of the molecule is O=C(NCC(O)CO)c1c(F)c(N(CCO)C(=O)CO)c(C(F)(F)F)c(C(=O)NCC(O)CO)c1C(F)(F)F. The second kappa shape index (κ2) is 13.8. The fourth-order valence-corrected chi connectivity index (χ4v) is 3.23. The van der Waals surface area contributed by atoms with Crippen LogP contribution in [0.5, 0.6) is 0 Å². The van der Waals surface area contributed by atoms with E-state index in [1.54, 1.807) is 5.32 Å². The quantitative estimate of drug-likeness (QED) is 0.133. The second-order valence-electron chi connectivity index (χ2n) is 7.68. The molecule has 0 aliphatic carbocycles. The summed E-state index contributed by atoms with van der Waals surface area (Å²) >= 11 is 0. The Kier molecular flexibility index (Phi) is 12.0. The van der Waals surface area contributed by atoms with Gasteiger partial charge in [0.15, 0.2) is 5.82 Å². The van der Waals surface area contributed by atoms with Crippen molar-refractivity contribution in [1.29, 1.82) is 0 Å². The highest BCUT2D eigenvalue weighted by molar-refractivity contribution is 6.08. The molecule has 0 aliphatic heterocycles. The number of nitrogens with one attached hydrogen (secondary N) is 2. The number of hydrogen-bond donors (Lipinski definition) is 8. The molecule has 0 saturated heterocycles. The first-order valence-corrected chi connectivity index (χ1v) is 10.7. The third kappa shape index (κ3) is 8.19. The Balaban J connectivity index is 4.35. The minimum absolute atomic E-state index is 0.322. The van der Waals surface area contributed by atoms with E-state index in [1.807, 2.05) is 0 Å². The number of nitrogens with zero attached hydrogens (tertiary/aromatic N) is 1. The number of rotatable bonds is 12. The number of aliphatic hydroxyl groups excluding tert-OH is 6. The van der Waals surface area contributed by atoms with E-state index >= 15 is 4.39 Å². The molecule has 0 aliphatic rings. The first-order valence-electron chi connectivity index (χ1n) is 10.7. The highest BCUT2D eigenvalue weighted by Crippen LogP contribution is 2.48. The summed E-state index contributed by atoms with van der Waals surface area (Å²) in [5, 5.41) is 57.8. The molecule has 2 atom stereocenters. The van der Waals surface area contributed by atoms with Gasteiger partial charge in [0.1, 0.15) is 6.61 Å². The Bertz CT molecular complexity index is 1050. The van der Waals surface area contributed by atoms with E-state index < -0.39 is 122 Å². The van der Waals surface area contributed by atoms with Crippen LogP contribution in [0.2, 0.25) is 0 Å². The molecule has 39 heavy (non-hydrogen) atoms. The van der Waals surface area contributed by atoms with Crippen LogP contribution in [0.4, 0.5) is 36.4 Å². The van der Waals surface area contributed by atoms with Gasteiger partial charge < -0.3 is 46.2 Å². The van der Waals surface area contributed by atoms with E-state index in [-0.39, 0.29) is 4.90 Å². The van der Waals surface area contributed by atoms with E-state index in [9.17, 15) is 56.0 Å². The maximum Gasteiger partial charge on any atom is 0.419 e. The summed E-state index contributed by atoms with van der Waals surface area (Å²) in [4.78, 5) is 37.2. The Hall–Kier alpha value is -3.10. The van der Waals surface area contributed by atoms with Crippen LogP contribution in [-0.4, -0.2) is 107 Å². The van der Waals surface area contributed by atoms with Crippen molar-refractivity contribution in [2.24, 2.45) is 0 Å². The van der Waals surface area contributed by atoms with Crippen molar-refractivity contribution < 1.29 is 75.8 Å². The minimum Gasteiger partial charge on any atom is -0.395 e. The number of carbonyl (C=O) groups is 3. The summed E-state index contributed by atoms with van der Waals surface area (Å²) in [6, 6.07) is 0. The molecule has 0 aromatic heterocycles. The van der Waals surface area contributed by atoms with Gasteiger partial charge in [0.25, 0.3) is 17.7 Å². The molecular formula is C20H24F7N3O9. The van der Waals surface area contributed by atoms with Gasteiger partial charge in [-0.15, -0.1) is 0 Å². The van der Waals surface area contributed by atoms with E-state index in [0.717, 1.165) is 0 Å². The van der Waals surface area contributed by atoms with Crippen LogP contribution >= 0.6 is 0 Å². The van der Waals surface area contributed by atoms with Crippen molar-refractivity contribution >= 4 is 23.4 Å². The summed E-state index contributed by atoms with van der Waals surface area (Å²) in [5.74, 6) is -8.81. The normalized spacial score (nSPS) is 13.6. The zero-order chi connectivity index (χ0) is 30.3. The molecule has 2 unspecified atom stereocenters. The van der Waals surface area contributed by atoms with E-state index in [4.69, 9.17) is 15.3 Å². The molecule has 0 saturated carbocycles. The van der Waals surface area contributed by atoms with Crippen LogP contribution in [0.15, 0.2) is 0 Å². The van der Waals surface area contributed by atoms with Crippen molar-refractivity contribution in [1.82, 2.24) is 10.6 Å². The van der Waals surface area contributed by atoms with Crippen molar-refractivity contribution in [2.75, 3.05) is 51.0 Å². The third-order valence-corrected chi connectivity index (χ3v) is 4.88. The summed E-state index contributed by atoms with van der Waals surface area (Å²) < 4.78 is 101. The van der Waals surface area contributed by atoms with Crippen molar-refractivity contribution in [3.8, 4) is 0 Å². The van der Waals surface area contributed by atoms with Gasteiger partial charge in [0.2, 0.25) is 0 Å². The van der Waals surface area contributed by atoms with Crippen LogP contribution in [-0.2, 0) is 17.1 Å². The largest absolute Gasteiger partial charge is 0.419 e. The lowest BCUT2D eigenvalue weighted by molar-refractivity contribution is -0.144. The standard InChI is InChI=1S/C20H24F7N3O9/c21-15-12(18(39)29-4-9(36)6-33)13(19(22,23)24)11(17(38)28-3-8(35)5-32)14(20(25,26)27)16(15)30(1-2-31)10(37)7-34/h8-9,31-36H,1-7H2,(H,28,38)(H,29,39). The minimum atomic E-state index is -6.06. The predicted octanol–water partition coefficient (Wildman–Crippen LogP) is -1.65. The number of alkyl halides is 6. The number of anilines is 1. The van der Waals surface area contributed by atoms with Gasteiger partial charge >= 0.3 is 12.4 Å². The maximum atomic E-state index is 15.7. The zero-order valence-corrected chi connectivity index (χ0v) is 19.6. The molecule has 3 amide bonds. The average Bonchev–Trinajstić information content (AvgIpc) is 2.86. The summed E-state index contributed by atoms with van der Waals surface area (Å²) in [7, 11) is 0. The number of halogens is 7. The highest BCUT2D eigenvalue weighted by Gasteiger charge is 2.51. The lowest BCUT2D eigenvalue weighted by Crippen LogP contribution is -2.42. The van der Waals surface area contributed by atoms with E-state index in [0.29, 0.717) is 0 Å². The van der Waals surface area contributed by atoms with Gasteiger partial charge in [-0.3, -0.25) is 14.4 Å². The van der Waals surface area contributed by atoms with Gasteiger partial charge in [-0.05, 0) is 0 Å². The first kappa shape index (κ1) is 33.9. The molecule has 19 heteroatoms. The van der Waals surface area contributed by atoms with Crippen molar-refractivity contribution in [3.05, 3.63) is 28.1 Å². The van der Waals surface area contributed by atoms with Gasteiger partial charge in [0.05, 0.1) is 60.0 Å². The molecule has 0 fully saturated rings. The third-order valence-electron chi connectivity index (χ3n) is 4.88. The van der Waals surface area contributed by atoms with Crippen LogP contribution in [0.25, 0.3) is 0 Å². The predicted molar refractivity (Wildman–Crippen MR) is 114 cm³/mol. The van der Waals surface area contributed by atoms with Crippen LogP contribution < -0.4 is 15.5 Å². The summed E-state index contributed by atoms with van der Waals surface area (Å²) in [5.41, 5.74) is -12.3. The number of carbonyl (C=O) groups excluding carboxylic acids is 3. The zero-order valence-electron chi connectivity index (χ0n) is 19.6. The molecule has 0 heterocycles. The highest BCUT2D eigenvalue weighted by atomic mass is 19.4. The lowest BCUT2D eigenvalue weighted by atomic mass is 9.90. The Morgan fingerprint density at radius 2 is 1.21 bits per heavy atom. The molecule has 8 N–H and O–H groups in total. The van der Waals surface area contributed by atoms with Gasteiger partial charge in [0, 0.05) is 19.6 Å². The van der Waals surface area contributed by atoms with Crippen LogP contribution in [0, 0.1) is 5.82 Å². The number of hydrogen-bond acceptors (Lipinski definition) is 9. The molecule has 12 nitrogen and oxygen atoms in total. The fourth-order valence-electron chi connectivity index (χ4n) is 3.23. The van der Waals surface area contributed by atoms with Crippen molar-refractivity contribution in [3.63, 3.8) is 0 Å². The molecule has 0 bridgehead atoms. The Morgan fingerprint density at radius 3 is 1.56 bits per heavy atom. The molecule has 1 rings (SSSR count). The Labute approximate surface area is 214 Å². The first-order chi connectivity index (χ1) is 18.0. The molecule has 1 aromatic rings. The van der Waals surface area contributed by atoms with Gasteiger partial charge in [-0.25, -0.2) is 4.39 Å². The van der Waals surface area contributed by atoms with E-state index in [1.165, 1.54) is 5.32 Å². The monoisotopic (exact) mass is 583 g/mol. The number of amides is 3. The molecule has 0 spiro atoms. The van der Waals surface area contributed by atoms with Crippen LogP contribution in [0.3, 0.4) is 0 Å². The van der Waals surface area contributed by atoms with Gasteiger partial charge in [-0.2, -0.15) is 26.3 Å². The van der Waals surface area contributed by atoms with Crippen molar-refractivity contribution in [2.45, 2.75) is 24.6 Å². The number of benzene rings is 1. The molecule has 0 radical (unpaired) electrons. The summed E-state index contributed by atoms with van der Waals surface area (Å²) in [6.07, 6.45) is -15.8. The molecular weight excluding hydrogens is 559 g/mol. The Morgan fingerprint density at radius 1 is 0.769 bits per heavy atom. The molecule has 222 valence electrons. The fraction of sp³-hybridized carbons (Fsp3) is 0.550. The smallest absolute Gasteiger partial charge is 0.395 e. The summed E-state index contributed by atoms with van der Waals surface area (Å²) in [6.45, 7) is -8.42. The number of aliphatic hydroxyl groups is 6. The molecule has 1 aromatic carbocycles. The van der Waals surface area contributed by atoms with Crippen LogP contribution in [0.1, 0.15) is 31.8 Å². The lowest BCUT2D eigenvalue weighted by Gasteiger charge is -2.30.